The molecule has 4 N–H and O–H groups in total. The predicted octanol–water partition coefficient (Wildman–Crippen LogP) is 1.85. The number of hydrogen-bond donors (Lipinski definition) is 3. The van der Waals surface area contributed by atoms with Crippen LogP contribution < -0.4 is 16.4 Å². The normalized spacial score (nSPS) is 19.0. The number of anilines is 1. The SMILES string of the molecule is CC(C)c1cccc(NC(N)=NCCC(=O)NC2CCS(=O)(=O)C2)c1.I. The number of aliphatic imine (C=N–C) groups is 1. The van der Waals surface area contributed by atoms with Gasteiger partial charge in [-0.2, -0.15) is 0 Å². The van der Waals surface area contributed by atoms with Crippen molar-refractivity contribution in [3.05, 3.63) is 29.8 Å². The van der Waals surface area contributed by atoms with E-state index in [1.54, 1.807) is 0 Å². The van der Waals surface area contributed by atoms with E-state index in [-0.39, 0.29) is 66.4 Å². The van der Waals surface area contributed by atoms with Gasteiger partial charge >= 0.3 is 0 Å². The number of amides is 1. The summed E-state index contributed by atoms with van der Waals surface area (Å²) in [5.74, 6) is 0.626. The van der Waals surface area contributed by atoms with E-state index < -0.39 is 9.84 Å². The molecule has 2 rings (SSSR count). The summed E-state index contributed by atoms with van der Waals surface area (Å²) in [6.07, 6.45) is 0.651. The number of halogens is 1. The van der Waals surface area contributed by atoms with Crippen LogP contribution in [0, 0.1) is 0 Å². The summed E-state index contributed by atoms with van der Waals surface area (Å²) in [5, 5.41) is 5.74. The molecule has 1 saturated heterocycles. The van der Waals surface area contributed by atoms with Crippen LogP contribution in [0.4, 0.5) is 5.69 Å². The molecule has 0 spiro atoms. The number of guanidine groups is 1. The molecular formula is C17H27IN4O3S. The molecule has 146 valence electrons. The molecule has 1 fully saturated rings. The van der Waals surface area contributed by atoms with Crippen molar-refractivity contribution >= 4 is 51.4 Å². The number of sulfone groups is 1. The molecule has 0 aromatic heterocycles. The summed E-state index contributed by atoms with van der Waals surface area (Å²) in [6, 6.07) is 7.64. The highest BCUT2D eigenvalue weighted by molar-refractivity contribution is 14.0. The van der Waals surface area contributed by atoms with Gasteiger partial charge < -0.3 is 16.4 Å². The van der Waals surface area contributed by atoms with E-state index >= 15 is 0 Å². The summed E-state index contributed by atoms with van der Waals surface area (Å²) < 4.78 is 22.7. The summed E-state index contributed by atoms with van der Waals surface area (Å²) in [5.41, 5.74) is 7.90. The highest BCUT2D eigenvalue weighted by atomic mass is 127. The molecule has 1 aromatic rings. The van der Waals surface area contributed by atoms with Crippen LogP contribution in [0.2, 0.25) is 0 Å². The average molecular weight is 494 g/mol. The van der Waals surface area contributed by atoms with E-state index in [9.17, 15) is 13.2 Å². The van der Waals surface area contributed by atoms with Crippen LogP contribution in [0.15, 0.2) is 29.3 Å². The third-order valence-corrected chi connectivity index (χ3v) is 5.81. The summed E-state index contributed by atoms with van der Waals surface area (Å²) in [7, 11) is -2.99. The van der Waals surface area contributed by atoms with E-state index in [1.807, 2.05) is 18.2 Å². The molecule has 1 aliphatic rings. The molecule has 0 bridgehead atoms. The van der Waals surface area contributed by atoms with Crippen LogP contribution in [0.25, 0.3) is 0 Å². The first-order chi connectivity index (χ1) is 11.7. The molecule has 1 amide bonds. The van der Waals surface area contributed by atoms with Crippen molar-refractivity contribution in [1.29, 1.82) is 0 Å². The molecular weight excluding hydrogens is 467 g/mol. The van der Waals surface area contributed by atoms with Crippen molar-refractivity contribution in [1.82, 2.24) is 5.32 Å². The van der Waals surface area contributed by atoms with Gasteiger partial charge in [-0.25, -0.2) is 8.42 Å². The van der Waals surface area contributed by atoms with E-state index in [2.05, 4.69) is 35.5 Å². The number of rotatable bonds is 6. The zero-order valence-electron chi connectivity index (χ0n) is 15.1. The Balaban J connectivity index is 0.00000338. The lowest BCUT2D eigenvalue weighted by Crippen LogP contribution is -2.36. The maximum Gasteiger partial charge on any atom is 0.222 e. The van der Waals surface area contributed by atoms with Crippen LogP contribution >= 0.6 is 24.0 Å². The molecule has 9 heteroatoms. The number of nitrogens with one attached hydrogen (secondary N) is 2. The molecule has 7 nitrogen and oxygen atoms in total. The zero-order chi connectivity index (χ0) is 18.4. The van der Waals surface area contributed by atoms with Gasteiger partial charge in [0.25, 0.3) is 0 Å². The Morgan fingerprint density at radius 3 is 2.73 bits per heavy atom. The van der Waals surface area contributed by atoms with Crippen LogP contribution in [-0.2, 0) is 14.6 Å². The van der Waals surface area contributed by atoms with Gasteiger partial charge in [0.1, 0.15) is 0 Å². The van der Waals surface area contributed by atoms with Gasteiger partial charge in [0.15, 0.2) is 15.8 Å². The minimum absolute atomic E-state index is 0. The van der Waals surface area contributed by atoms with Crippen LogP contribution in [0.3, 0.4) is 0 Å². The first-order valence-electron chi connectivity index (χ1n) is 8.42. The van der Waals surface area contributed by atoms with Gasteiger partial charge in [-0.15, -0.1) is 24.0 Å². The fraction of sp³-hybridized carbons (Fsp3) is 0.529. The summed E-state index contributed by atoms with van der Waals surface area (Å²) in [4.78, 5) is 16.0. The number of nitrogens with two attached hydrogens (primary N) is 1. The fourth-order valence-electron chi connectivity index (χ4n) is 2.65. The molecule has 0 radical (unpaired) electrons. The second-order valence-corrected chi connectivity index (χ2v) is 8.82. The average Bonchev–Trinajstić information content (AvgIpc) is 2.86. The number of carbonyl (C=O) groups excluding carboxylic acids is 1. The van der Waals surface area contributed by atoms with Gasteiger partial charge in [-0.1, -0.05) is 26.0 Å². The van der Waals surface area contributed by atoms with Crippen LogP contribution in [0.1, 0.15) is 38.2 Å². The molecule has 1 atom stereocenters. The highest BCUT2D eigenvalue weighted by Gasteiger charge is 2.28. The molecule has 1 aromatic carbocycles. The number of hydrogen-bond acceptors (Lipinski definition) is 4. The fourth-order valence-corrected chi connectivity index (χ4v) is 4.32. The number of benzene rings is 1. The van der Waals surface area contributed by atoms with Gasteiger partial charge in [0, 0.05) is 18.2 Å². The topological polar surface area (TPSA) is 114 Å². The minimum atomic E-state index is -2.99. The Morgan fingerprint density at radius 2 is 2.12 bits per heavy atom. The predicted molar refractivity (Wildman–Crippen MR) is 116 cm³/mol. The zero-order valence-corrected chi connectivity index (χ0v) is 18.2. The summed E-state index contributed by atoms with van der Waals surface area (Å²) >= 11 is 0. The van der Waals surface area contributed by atoms with Crippen LogP contribution in [-0.4, -0.2) is 44.4 Å². The van der Waals surface area contributed by atoms with Gasteiger partial charge in [0.2, 0.25) is 5.91 Å². The van der Waals surface area contributed by atoms with Crippen molar-refractivity contribution < 1.29 is 13.2 Å². The third-order valence-electron chi connectivity index (χ3n) is 4.04. The third kappa shape index (κ3) is 7.48. The van der Waals surface area contributed by atoms with E-state index in [4.69, 9.17) is 5.73 Å². The van der Waals surface area contributed by atoms with Gasteiger partial charge in [0.05, 0.1) is 18.1 Å². The lowest BCUT2D eigenvalue weighted by molar-refractivity contribution is -0.121. The Hall–Kier alpha value is -1.36. The molecule has 1 unspecified atom stereocenters. The Morgan fingerprint density at radius 1 is 1.38 bits per heavy atom. The first-order valence-corrected chi connectivity index (χ1v) is 10.2. The van der Waals surface area contributed by atoms with Crippen LogP contribution in [0.5, 0.6) is 0 Å². The lowest BCUT2D eigenvalue weighted by Gasteiger charge is -2.11. The second-order valence-electron chi connectivity index (χ2n) is 6.59. The van der Waals surface area contributed by atoms with Crippen molar-refractivity contribution in [2.45, 2.75) is 38.6 Å². The van der Waals surface area contributed by atoms with Crippen molar-refractivity contribution in [3.8, 4) is 0 Å². The quantitative estimate of drug-likeness (QED) is 0.318. The van der Waals surface area contributed by atoms with Crippen molar-refractivity contribution in [2.24, 2.45) is 10.7 Å². The summed E-state index contributed by atoms with van der Waals surface area (Å²) in [6.45, 7) is 4.48. The molecule has 26 heavy (non-hydrogen) atoms. The number of carbonyl (C=O) groups is 1. The standard InChI is InChI=1S/C17H26N4O3S.HI/c1-12(2)13-4-3-5-14(10-13)21-17(18)19-8-6-16(22)20-15-7-9-25(23,24)11-15;/h3-5,10,12,15H,6-9,11H2,1-2H3,(H,20,22)(H3,18,19,21);1H. The maximum atomic E-state index is 11.8. The van der Waals surface area contributed by atoms with Gasteiger partial charge in [-0.3, -0.25) is 9.79 Å². The largest absolute Gasteiger partial charge is 0.370 e. The van der Waals surface area contributed by atoms with E-state index in [0.717, 1.165) is 5.69 Å². The molecule has 1 heterocycles. The Bertz CT molecular complexity index is 750. The van der Waals surface area contributed by atoms with Crippen molar-refractivity contribution in [2.75, 3.05) is 23.4 Å². The monoisotopic (exact) mass is 494 g/mol. The number of nitrogens with zero attached hydrogens (tertiary/aromatic N) is 1. The Kier molecular flexibility index (Phi) is 8.81. The highest BCUT2D eigenvalue weighted by Crippen LogP contribution is 2.18. The van der Waals surface area contributed by atoms with Gasteiger partial charge in [-0.05, 0) is 30.0 Å². The Labute approximate surface area is 172 Å². The second kappa shape index (κ2) is 10.1. The first kappa shape index (κ1) is 22.7. The maximum absolute atomic E-state index is 11.8. The lowest BCUT2D eigenvalue weighted by atomic mass is 10.0. The minimum Gasteiger partial charge on any atom is -0.370 e. The van der Waals surface area contributed by atoms with E-state index in [0.29, 0.717) is 12.3 Å². The molecule has 0 saturated carbocycles. The van der Waals surface area contributed by atoms with E-state index in [1.165, 1.54) is 5.56 Å². The van der Waals surface area contributed by atoms with Crippen molar-refractivity contribution in [3.63, 3.8) is 0 Å². The molecule has 0 aliphatic carbocycles. The smallest absolute Gasteiger partial charge is 0.222 e. The molecule has 1 aliphatic heterocycles.